The van der Waals surface area contributed by atoms with E-state index in [1.54, 1.807) is 12.1 Å². The van der Waals surface area contributed by atoms with E-state index in [4.69, 9.17) is 10.00 Å². The molecule has 3 rings (SSSR count). The number of hydrogen-bond acceptors (Lipinski definition) is 5. The van der Waals surface area contributed by atoms with Crippen LogP contribution in [-0.2, 0) is 11.3 Å². The highest BCUT2D eigenvalue weighted by atomic mass is 32.2. The molecule has 1 aromatic heterocycles. The van der Waals surface area contributed by atoms with Crippen molar-refractivity contribution in [3.63, 3.8) is 0 Å². The van der Waals surface area contributed by atoms with Crippen molar-refractivity contribution in [3.05, 3.63) is 30.1 Å². The summed E-state index contributed by atoms with van der Waals surface area (Å²) in [5.41, 5.74) is 0.823. The highest BCUT2D eigenvalue weighted by Gasteiger charge is 2.21. The first-order valence-electron chi connectivity index (χ1n) is 7.58. The SMILES string of the molecule is N#CCCSc1nnc(-c2ccc(F)cc2)n1CC1CCCO1. The monoisotopic (exact) mass is 332 g/mol. The van der Waals surface area contributed by atoms with Crippen molar-refractivity contribution in [3.8, 4) is 17.5 Å². The molecule has 1 fully saturated rings. The van der Waals surface area contributed by atoms with Crippen LogP contribution in [0.15, 0.2) is 29.4 Å². The van der Waals surface area contributed by atoms with Crippen LogP contribution in [0.2, 0.25) is 0 Å². The van der Waals surface area contributed by atoms with Crippen LogP contribution in [-0.4, -0.2) is 33.2 Å². The van der Waals surface area contributed by atoms with Crippen LogP contribution >= 0.6 is 11.8 Å². The van der Waals surface area contributed by atoms with Crippen LogP contribution in [0.3, 0.4) is 0 Å². The Labute approximate surface area is 138 Å². The number of thioether (sulfide) groups is 1. The maximum absolute atomic E-state index is 13.1. The number of benzene rings is 1. The summed E-state index contributed by atoms with van der Waals surface area (Å²) >= 11 is 1.51. The normalized spacial score (nSPS) is 17.3. The van der Waals surface area contributed by atoms with Crippen LogP contribution in [0.4, 0.5) is 4.39 Å². The summed E-state index contributed by atoms with van der Waals surface area (Å²) in [4.78, 5) is 0. The molecule has 0 amide bonds. The number of hydrogen-bond donors (Lipinski definition) is 0. The lowest BCUT2D eigenvalue weighted by Gasteiger charge is -2.14. The molecule has 1 unspecified atom stereocenters. The molecule has 2 heterocycles. The maximum Gasteiger partial charge on any atom is 0.191 e. The fourth-order valence-corrected chi connectivity index (χ4v) is 3.34. The Morgan fingerprint density at radius 1 is 1.35 bits per heavy atom. The van der Waals surface area contributed by atoms with Gasteiger partial charge in [0, 0.05) is 24.3 Å². The number of halogens is 1. The number of nitriles is 1. The van der Waals surface area contributed by atoms with Crippen molar-refractivity contribution < 1.29 is 9.13 Å². The molecule has 1 aliphatic heterocycles. The van der Waals surface area contributed by atoms with Gasteiger partial charge in [0.1, 0.15) is 5.82 Å². The van der Waals surface area contributed by atoms with Gasteiger partial charge >= 0.3 is 0 Å². The van der Waals surface area contributed by atoms with Gasteiger partial charge in [-0.1, -0.05) is 11.8 Å². The third kappa shape index (κ3) is 3.89. The zero-order valence-corrected chi connectivity index (χ0v) is 13.4. The number of aromatic nitrogens is 3. The van der Waals surface area contributed by atoms with Gasteiger partial charge in [0.05, 0.1) is 18.7 Å². The van der Waals surface area contributed by atoms with E-state index in [0.717, 1.165) is 30.2 Å². The molecule has 23 heavy (non-hydrogen) atoms. The molecule has 5 nitrogen and oxygen atoms in total. The van der Waals surface area contributed by atoms with E-state index in [1.807, 2.05) is 4.57 Å². The van der Waals surface area contributed by atoms with E-state index in [1.165, 1.54) is 23.9 Å². The second-order valence-electron chi connectivity index (χ2n) is 5.32. The maximum atomic E-state index is 13.1. The molecule has 0 aliphatic carbocycles. The van der Waals surface area contributed by atoms with Crippen LogP contribution in [0, 0.1) is 17.1 Å². The van der Waals surface area contributed by atoms with Crippen LogP contribution in [0.1, 0.15) is 19.3 Å². The van der Waals surface area contributed by atoms with Crippen LogP contribution in [0.25, 0.3) is 11.4 Å². The first-order chi connectivity index (χ1) is 11.3. The molecule has 1 atom stereocenters. The summed E-state index contributed by atoms with van der Waals surface area (Å²) in [6.07, 6.45) is 2.70. The van der Waals surface area contributed by atoms with E-state index in [9.17, 15) is 4.39 Å². The third-order valence-corrected chi connectivity index (χ3v) is 4.64. The van der Waals surface area contributed by atoms with Crippen molar-refractivity contribution in [1.29, 1.82) is 5.26 Å². The first kappa shape index (κ1) is 16.0. The largest absolute Gasteiger partial charge is 0.376 e. The lowest BCUT2D eigenvalue weighted by molar-refractivity contribution is 0.0953. The van der Waals surface area contributed by atoms with E-state index in [-0.39, 0.29) is 11.9 Å². The Hall–Kier alpha value is -1.91. The fourth-order valence-electron chi connectivity index (χ4n) is 2.55. The van der Waals surface area contributed by atoms with Gasteiger partial charge in [-0.3, -0.25) is 4.57 Å². The van der Waals surface area contributed by atoms with Gasteiger partial charge in [-0.2, -0.15) is 5.26 Å². The van der Waals surface area contributed by atoms with Gasteiger partial charge in [0.25, 0.3) is 0 Å². The van der Waals surface area contributed by atoms with E-state index >= 15 is 0 Å². The van der Waals surface area contributed by atoms with E-state index < -0.39 is 0 Å². The van der Waals surface area contributed by atoms with E-state index in [0.29, 0.717) is 24.5 Å². The Bertz CT molecular complexity index is 689. The minimum Gasteiger partial charge on any atom is -0.376 e. The van der Waals surface area contributed by atoms with Crippen molar-refractivity contribution in [2.45, 2.75) is 37.1 Å². The molecule has 7 heteroatoms. The Kier molecular flexibility index (Phi) is 5.26. The summed E-state index contributed by atoms with van der Waals surface area (Å²) in [6.45, 7) is 1.46. The smallest absolute Gasteiger partial charge is 0.191 e. The average molecular weight is 332 g/mol. The van der Waals surface area contributed by atoms with Crippen molar-refractivity contribution in [2.24, 2.45) is 0 Å². The van der Waals surface area contributed by atoms with Crippen molar-refractivity contribution in [2.75, 3.05) is 12.4 Å². The molecular weight excluding hydrogens is 315 g/mol. The fraction of sp³-hybridized carbons (Fsp3) is 0.438. The predicted molar refractivity (Wildman–Crippen MR) is 85.3 cm³/mol. The van der Waals surface area contributed by atoms with Gasteiger partial charge < -0.3 is 4.74 Å². The summed E-state index contributed by atoms with van der Waals surface area (Å²) in [5.74, 6) is 1.10. The highest BCUT2D eigenvalue weighted by Crippen LogP contribution is 2.26. The molecule has 0 saturated carbocycles. The topological polar surface area (TPSA) is 63.7 Å². The standard InChI is InChI=1S/C16H17FN4OS/c17-13-6-4-12(5-7-13)15-19-20-16(23-10-2-8-18)21(15)11-14-3-1-9-22-14/h4-7,14H,1-3,9-11H2. The molecule has 1 aromatic carbocycles. The van der Waals surface area contributed by atoms with Crippen molar-refractivity contribution in [1.82, 2.24) is 14.8 Å². The van der Waals surface area contributed by atoms with Gasteiger partial charge in [-0.25, -0.2) is 4.39 Å². The molecule has 1 aliphatic rings. The number of ether oxygens (including phenoxy) is 1. The van der Waals surface area contributed by atoms with Crippen molar-refractivity contribution >= 4 is 11.8 Å². The summed E-state index contributed by atoms with van der Waals surface area (Å²) < 4.78 is 20.9. The van der Waals surface area contributed by atoms with Gasteiger partial charge in [0.2, 0.25) is 0 Å². The zero-order chi connectivity index (χ0) is 16.1. The zero-order valence-electron chi connectivity index (χ0n) is 12.6. The highest BCUT2D eigenvalue weighted by molar-refractivity contribution is 7.99. The predicted octanol–water partition coefficient (Wildman–Crippen LogP) is 3.27. The second-order valence-corrected chi connectivity index (χ2v) is 6.38. The second kappa shape index (κ2) is 7.57. The molecule has 0 N–H and O–H groups in total. The van der Waals surface area contributed by atoms with Gasteiger partial charge in [0.15, 0.2) is 11.0 Å². The Balaban J connectivity index is 1.87. The van der Waals surface area contributed by atoms with E-state index in [2.05, 4.69) is 16.3 Å². The number of nitrogens with zero attached hydrogens (tertiary/aromatic N) is 4. The van der Waals surface area contributed by atoms with Gasteiger partial charge in [-0.05, 0) is 37.1 Å². The lowest BCUT2D eigenvalue weighted by Crippen LogP contribution is -2.16. The molecule has 0 spiro atoms. The molecule has 0 radical (unpaired) electrons. The first-order valence-corrected chi connectivity index (χ1v) is 8.57. The summed E-state index contributed by atoms with van der Waals surface area (Å²) in [7, 11) is 0. The average Bonchev–Trinajstić information content (AvgIpc) is 3.20. The minimum absolute atomic E-state index is 0.153. The van der Waals surface area contributed by atoms with Crippen LogP contribution < -0.4 is 0 Å². The van der Waals surface area contributed by atoms with Gasteiger partial charge in [-0.15, -0.1) is 10.2 Å². The third-order valence-electron chi connectivity index (χ3n) is 3.67. The number of rotatable bonds is 6. The molecular formula is C16H17FN4OS. The van der Waals surface area contributed by atoms with Crippen LogP contribution in [0.5, 0.6) is 0 Å². The summed E-state index contributed by atoms with van der Waals surface area (Å²) in [6, 6.07) is 8.38. The molecule has 120 valence electrons. The Morgan fingerprint density at radius 3 is 2.87 bits per heavy atom. The molecule has 0 bridgehead atoms. The summed E-state index contributed by atoms with van der Waals surface area (Å²) in [5, 5.41) is 18.0. The molecule has 1 saturated heterocycles. The minimum atomic E-state index is -0.275. The molecule has 2 aromatic rings. The lowest BCUT2D eigenvalue weighted by atomic mass is 10.2. The quantitative estimate of drug-likeness (QED) is 0.600. The Morgan fingerprint density at radius 2 is 2.17 bits per heavy atom.